The van der Waals surface area contributed by atoms with Crippen LogP contribution in [0.4, 0.5) is 0 Å². The lowest BCUT2D eigenvalue weighted by Crippen LogP contribution is -2.50. The molecule has 1 saturated heterocycles. The third kappa shape index (κ3) is 3.35. The molecular weight excluding hydrogens is 254 g/mol. The zero-order valence-electron chi connectivity index (χ0n) is 13.1. The van der Waals surface area contributed by atoms with Crippen LogP contribution in [0.25, 0.3) is 0 Å². The summed E-state index contributed by atoms with van der Waals surface area (Å²) in [5.41, 5.74) is -0.234. The van der Waals surface area contributed by atoms with Crippen molar-refractivity contribution < 1.29 is 14.9 Å². The second kappa shape index (κ2) is 7.21. The largest absolute Gasteiger partial charge is 0.378 e. The van der Waals surface area contributed by atoms with Crippen molar-refractivity contribution in [2.24, 2.45) is 5.92 Å². The summed E-state index contributed by atoms with van der Waals surface area (Å²) in [7, 11) is 0. The Morgan fingerprint density at radius 1 is 1.10 bits per heavy atom. The Morgan fingerprint density at radius 2 is 1.75 bits per heavy atom. The fourth-order valence-corrected chi connectivity index (χ4v) is 4.03. The normalized spacial score (nSPS) is 27.9. The second-order valence-corrected chi connectivity index (χ2v) is 6.41. The van der Waals surface area contributed by atoms with Gasteiger partial charge in [0.2, 0.25) is 6.41 Å². The number of ether oxygens (including phenoxy) is 1. The smallest absolute Gasteiger partial charge is 0.218 e. The van der Waals surface area contributed by atoms with E-state index in [-0.39, 0.29) is 5.60 Å². The minimum absolute atomic E-state index is 0.234. The molecule has 118 valence electrons. The summed E-state index contributed by atoms with van der Waals surface area (Å²) in [6.45, 7) is 5.03. The molecule has 20 heavy (non-hydrogen) atoms. The van der Waals surface area contributed by atoms with Crippen molar-refractivity contribution in [1.82, 2.24) is 4.90 Å². The molecule has 2 rings (SSSR count). The number of aliphatic hydroxyl groups excluding tert-OH is 2. The lowest BCUT2D eigenvalue weighted by molar-refractivity contribution is -0.286. The van der Waals surface area contributed by atoms with E-state index in [9.17, 15) is 10.2 Å². The summed E-state index contributed by atoms with van der Waals surface area (Å²) in [5.74, 6) is 0.542. The summed E-state index contributed by atoms with van der Waals surface area (Å²) in [6, 6.07) is 0. The first-order valence-corrected chi connectivity index (χ1v) is 8.42. The minimum atomic E-state index is -0.964. The maximum absolute atomic E-state index is 10.4. The van der Waals surface area contributed by atoms with Gasteiger partial charge in [-0.3, -0.25) is 0 Å². The highest BCUT2D eigenvalue weighted by molar-refractivity contribution is 4.89. The Bertz CT molecular complexity index is 287. The third-order valence-corrected chi connectivity index (χ3v) is 5.43. The van der Waals surface area contributed by atoms with Crippen molar-refractivity contribution in [3.05, 3.63) is 0 Å². The van der Waals surface area contributed by atoms with Crippen molar-refractivity contribution in [1.29, 1.82) is 0 Å². The quantitative estimate of drug-likeness (QED) is 0.737. The van der Waals surface area contributed by atoms with Gasteiger partial charge in [0.1, 0.15) is 6.23 Å². The van der Waals surface area contributed by atoms with Crippen LogP contribution < -0.4 is 0 Å². The van der Waals surface area contributed by atoms with E-state index in [2.05, 4.69) is 13.8 Å². The van der Waals surface area contributed by atoms with E-state index in [4.69, 9.17) is 4.74 Å². The minimum Gasteiger partial charge on any atom is -0.378 e. The molecule has 1 heterocycles. The lowest BCUT2D eigenvalue weighted by Gasteiger charge is -2.44. The van der Waals surface area contributed by atoms with Gasteiger partial charge in [0.05, 0.1) is 5.60 Å². The molecule has 0 radical (unpaired) electrons. The Kier molecular flexibility index (Phi) is 5.84. The fourth-order valence-electron chi connectivity index (χ4n) is 4.03. The summed E-state index contributed by atoms with van der Waals surface area (Å²) < 4.78 is 6.15. The Morgan fingerprint density at radius 3 is 2.25 bits per heavy atom. The first-order chi connectivity index (χ1) is 9.63. The molecule has 0 amide bonds. The molecule has 2 unspecified atom stereocenters. The number of aliphatic hydroxyl groups is 2. The Hall–Kier alpha value is -0.160. The zero-order chi connectivity index (χ0) is 14.6. The fraction of sp³-hybridized carbons (Fsp3) is 1.00. The van der Waals surface area contributed by atoms with Crippen LogP contribution in [-0.4, -0.2) is 39.9 Å². The van der Waals surface area contributed by atoms with Crippen molar-refractivity contribution in [3.8, 4) is 0 Å². The maximum Gasteiger partial charge on any atom is 0.218 e. The van der Waals surface area contributed by atoms with Crippen LogP contribution in [0, 0.1) is 5.92 Å². The molecule has 0 aromatic carbocycles. The van der Waals surface area contributed by atoms with Gasteiger partial charge in [-0.05, 0) is 44.4 Å². The Balaban J connectivity index is 2.03. The van der Waals surface area contributed by atoms with E-state index in [1.54, 1.807) is 4.90 Å². The number of likely N-dealkylation sites (tertiary alicyclic amines) is 1. The molecule has 2 N–H and O–H groups in total. The van der Waals surface area contributed by atoms with Crippen molar-refractivity contribution >= 4 is 0 Å². The maximum atomic E-state index is 10.4. The van der Waals surface area contributed by atoms with Crippen LogP contribution in [0.3, 0.4) is 0 Å². The third-order valence-electron chi connectivity index (χ3n) is 5.43. The van der Waals surface area contributed by atoms with Gasteiger partial charge in [-0.1, -0.05) is 33.1 Å². The van der Waals surface area contributed by atoms with Crippen molar-refractivity contribution in [3.63, 3.8) is 0 Å². The topological polar surface area (TPSA) is 52.9 Å². The number of hydrogen-bond donors (Lipinski definition) is 2. The van der Waals surface area contributed by atoms with E-state index in [0.717, 1.165) is 32.2 Å². The number of rotatable bonds is 6. The first kappa shape index (κ1) is 16.2. The van der Waals surface area contributed by atoms with E-state index in [0.29, 0.717) is 5.92 Å². The van der Waals surface area contributed by atoms with Gasteiger partial charge in [0.15, 0.2) is 0 Å². The molecule has 2 atom stereocenters. The number of hydrogen-bond acceptors (Lipinski definition) is 4. The van der Waals surface area contributed by atoms with Gasteiger partial charge in [-0.15, -0.1) is 0 Å². The van der Waals surface area contributed by atoms with Gasteiger partial charge in [0.25, 0.3) is 0 Å². The van der Waals surface area contributed by atoms with Gasteiger partial charge in [-0.2, -0.15) is 0 Å². The highest BCUT2D eigenvalue weighted by atomic mass is 16.6. The standard InChI is InChI=1S/C16H31NO3/c1-3-16(4-2,13-9-6-5-7-10-13)20-15(19)17-12-8-11-14(17)18/h13-15,18-19H,3-12H2,1-2H3. The molecule has 4 nitrogen and oxygen atoms in total. The molecular formula is C16H31NO3. The van der Waals surface area contributed by atoms with E-state index >= 15 is 0 Å². The van der Waals surface area contributed by atoms with Gasteiger partial charge in [0, 0.05) is 6.54 Å². The van der Waals surface area contributed by atoms with Crippen LogP contribution >= 0.6 is 0 Å². The highest BCUT2D eigenvalue weighted by Crippen LogP contribution is 2.40. The molecule has 0 aromatic rings. The van der Waals surface area contributed by atoms with Crippen LogP contribution in [0.1, 0.15) is 71.6 Å². The van der Waals surface area contributed by atoms with Gasteiger partial charge < -0.3 is 14.9 Å². The molecule has 1 aliphatic heterocycles. The molecule has 0 aromatic heterocycles. The first-order valence-electron chi connectivity index (χ1n) is 8.42. The highest BCUT2D eigenvalue weighted by Gasteiger charge is 2.41. The van der Waals surface area contributed by atoms with Gasteiger partial charge >= 0.3 is 0 Å². The SMILES string of the molecule is CCC(CC)(OC(O)N1CCCC1O)C1CCCCC1. The second-order valence-electron chi connectivity index (χ2n) is 6.41. The molecule has 2 fully saturated rings. The average molecular weight is 285 g/mol. The lowest BCUT2D eigenvalue weighted by atomic mass is 9.74. The van der Waals surface area contributed by atoms with E-state index in [1.165, 1.54) is 32.1 Å². The van der Waals surface area contributed by atoms with Crippen LogP contribution in [0.2, 0.25) is 0 Å². The Labute approximate surface area is 123 Å². The average Bonchev–Trinajstić information content (AvgIpc) is 2.92. The molecule has 1 aliphatic carbocycles. The van der Waals surface area contributed by atoms with Crippen LogP contribution in [0.15, 0.2) is 0 Å². The molecule has 0 bridgehead atoms. The number of nitrogens with zero attached hydrogens (tertiary/aromatic N) is 1. The van der Waals surface area contributed by atoms with E-state index < -0.39 is 12.6 Å². The van der Waals surface area contributed by atoms with E-state index in [1.807, 2.05) is 0 Å². The van der Waals surface area contributed by atoms with Crippen LogP contribution in [-0.2, 0) is 4.74 Å². The predicted molar refractivity (Wildman–Crippen MR) is 78.9 cm³/mol. The zero-order valence-corrected chi connectivity index (χ0v) is 13.1. The summed E-state index contributed by atoms with van der Waals surface area (Å²) >= 11 is 0. The summed E-state index contributed by atoms with van der Waals surface area (Å²) in [5, 5.41) is 20.3. The molecule has 0 spiro atoms. The summed E-state index contributed by atoms with van der Waals surface area (Å²) in [6.07, 6.45) is 8.28. The molecule has 1 saturated carbocycles. The molecule has 2 aliphatic rings. The van der Waals surface area contributed by atoms with Crippen molar-refractivity contribution in [2.75, 3.05) is 6.54 Å². The monoisotopic (exact) mass is 285 g/mol. The summed E-state index contributed by atoms with van der Waals surface area (Å²) in [4.78, 5) is 1.68. The molecule has 4 heteroatoms. The van der Waals surface area contributed by atoms with Crippen molar-refractivity contribution in [2.45, 2.75) is 89.9 Å². The van der Waals surface area contributed by atoms with Crippen LogP contribution in [0.5, 0.6) is 0 Å². The predicted octanol–water partition coefficient (Wildman–Crippen LogP) is 2.83. The van der Waals surface area contributed by atoms with Gasteiger partial charge in [-0.25, -0.2) is 4.90 Å².